The Hall–Kier alpha value is -1.88. The van der Waals surface area contributed by atoms with Crippen LogP contribution in [0.5, 0.6) is 0 Å². The zero-order valence-electron chi connectivity index (χ0n) is 12.4. The lowest BCUT2D eigenvalue weighted by atomic mass is 10.1. The highest BCUT2D eigenvalue weighted by Gasteiger charge is 2.40. The largest absolute Gasteiger partial charge is 0.352 e. The number of carbonyl (C=O) groups excluding carboxylic acids is 1. The second-order valence-corrected chi connectivity index (χ2v) is 6.14. The molecule has 3 rings (SSSR count). The van der Waals surface area contributed by atoms with Crippen LogP contribution < -0.4 is 5.32 Å². The minimum absolute atomic E-state index is 0.0365. The number of amides is 1. The van der Waals surface area contributed by atoms with Gasteiger partial charge in [0, 0.05) is 25.2 Å². The monoisotopic (exact) mass is 321 g/mol. The topological polar surface area (TPSA) is 46.9 Å². The summed E-state index contributed by atoms with van der Waals surface area (Å²) in [5, 5.41) is 7.21. The van der Waals surface area contributed by atoms with Gasteiger partial charge < -0.3 is 5.32 Å². The van der Waals surface area contributed by atoms with E-state index in [1.54, 1.807) is 16.9 Å². The van der Waals surface area contributed by atoms with Gasteiger partial charge in [-0.3, -0.25) is 9.48 Å². The molecular formula is C16H17ClFN3O. The van der Waals surface area contributed by atoms with Crippen LogP contribution in [0.1, 0.15) is 36.4 Å². The Labute approximate surface area is 133 Å². The van der Waals surface area contributed by atoms with Crippen LogP contribution >= 0.6 is 11.6 Å². The van der Waals surface area contributed by atoms with Crippen LogP contribution in [0.15, 0.2) is 30.5 Å². The summed E-state index contributed by atoms with van der Waals surface area (Å²) in [4.78, 5) is 12.3. The third-order valence-electron chi connectivity index (χ3n) is 4.19. The van der Waals surface area contributed by atoms with E-state index in [0.29, 0.717) is 0 Å². The highest BCUT2D eigenvalue weighted by atomic mass is 35.5. The third-order valence-corrected chi connectivity index (χ3v) is 4.49. The van der Waals surface area contributed by atoms with E-state index in [9.17, 15) is 9.18 Å². The van der Waals surface area contributed by atoms with Gasteiger partial charge in [0.1, 0.15) is 5.82 Å². The molecule has 22 heavy (non-hydrogen) atoms. The van der Waals surface area contributed by atoms with Crippen molar-refractivity contribution in [2.24, 2.45) is 7.05 Å². The van der Waals surface area contributed by atoms with Crippen molar-refractivity contribution in [2.45, 2.75) is 31.2 Å². The summed E-state index contributed by atoms with van der Waals surface area (Å²) in [6.07, 6.45) is 2.50. The maximum absolute atomic E-state index is 13.5. The number of aryl methyl sites for hydroxylation is 1. The third kappa shape index (κ3) is 2.86. The predicted molar refractivity (Wildman–Crippen MR) is 82.3 cm³/mol. The van der Waals surface area contributed by atoms with E-state index < -0.39 is 5.82 Å². The van der Waals surface area contributed by atoms with Crippen molar-refractivity contribution in [1.29, 1.82) is 0 Å². The summed E-state index contributed by atoms with van der Waals surface area (Å²) >= 11 is 5.69. The van der Waals surface area contributed by atoms with Crippen LogP contribution in [-0.4, -0.2) is 21.7 Å². The number of rotatable bonds is 4. The second kappa shape index (κ2) is 5.72. The standard InChI is InChI=1S/C16H17ClFN3O/c1-9(15-5-6-19-21(15)2)16(22)20-14-8-11(14)10-3-4-12(17)13(18)7-10/h3-7,9,11,14H,8H2,1-2H3,(H,20,22)/t9-,11+,14-/m1/s1. The molecule has 1 heterocycles. The van der Waals surface area contributed by atoms with Gasteiger partial charge in [0.05, 0.1) is 16.6 Å². The minimum atomic E-state index is -0.417. The molecule has 1 amide bonds. The Morgan fingerprint density at radius 3 is 2.91 bits per heavy atom. The molecule has 3 atom stereocenters. The lowest BCUT2D eigenvalue weighted by Gasteiger charge is -2.12. The molecule has 4 nitrogen and oxygen atoms in total. The van der Waals surface area contributed by atoms with Crippen molar-refractivity contribution in [3.05, 3.63) is 52.6 Å². The van der Waals surface area contributed by atoms with Crippen LogP contribution in [0, 0.1) is 5.82 Å². The Morgan fingerprint density at radius 2 is 2.27 bits per heavy atom. The number of hydrogen-bond acceptors (Lipinski definition) is 2. The second-order valence-electron chi connectivity index (χ2n) is 5.73. The van der Waals surface area contributed by atoms with Gasteiger partial charge in [-0.15, -0.1) is 0 Å². The molecule has 0 unspecified atom stereocenters. The Morgan fingerprint density at radius 1 is 1.50 bits per heavy atom. The lowest BCUT2D eigenvalue weighted by Crippen LogP contribution is -2.31. The van der Waals surface area contributed by atoms with Gasteiger partial charge in [0.2, 0.25) is 5.91 Å². The zero-order valence-corrected chi connectivity index (χ0v) is 13.1. The van der Waals surface area contributed by atoms with Gasteiger partial charge in [0.15, 0.2) is 0 Å². The smallest absolute Gasteiger partial charge is 0.229 e. The molecular weight excluding hydrogens is 305 g/mol. The number of halogens is 2. The predicted octanol–water partition coefficient (Wildman–Crippen LogP) is 2.99. The number of carbonyl (C=O) groups is 1. The van der Waals surface area contributed by atoms with Crippen LogP contribution in [0.4, 0.5) is 4.39 Å². The molecule has 1 aliphatic carbocycles. The summed E-state index contributed by atoms with van der Waals surface area (Å²) in [5.74, 6) is -0.560. The fraction of sp³-hybridized carbons (Fsp3) is 0.375. The molecule has 1 saturated carbocycles. The number of hydrogen-bond donors (Lipinski definition) is 1. The first-order valence-electron chi connectivity index (χ1n) is 7.20. The molecule has 0 spiro atoms. The number of nitrogens with zero attached hydrogens (tertiary/aromatic N) is 2. The summed E-state index contributed by atoms with van der Waals surface area (Å²) in [6, 6.07) is 6.71. The van der Waals surface area contributed by atoms with E-state index in [-0.39, 0.29) is 28.8 Å². The van der Waals surface area contributed by atoms with Crippen molar-refractivity contribution in [3.63, 3.8) is 0 Å². The number of benzene rings is 1. The summed E-state index contributed by atoms with van der Waals surface area (Å²) < 4.78 is 15.2. The van der Waals surface area contributed by atoms with Crippen LogP contribution in [0.3, 0.4) is 0 Å². The van der Waals surface area contributed by atoms with Crippen molar-refractivity contribution in [1.82, 2.24) is 15.1 Å². The molecule has 6 heteroatoms. The summed E-state index contributed by atoms with van der Waals surface area (Å²) in [7, 11) is 1.82. The molecule has 116 valence electrons. The lowest BCUT2D eigenvalue weighted by molar-refractivity contribution is -0.122. The average molecular weight is 322 g/mol. The van der Waals surface area contributed by atoms with Crippen LogP contribution in [0.2, 0.25) is 5.02 Å². The summed E-state index contributed by atoms with van der Waals surface area (Å²) in [5.41, 5.74) is 1.74. The minimum Gasteiger partial charge on any atom is -0.352 e. The molecule has 1 N–H and O–H groups in total. The first-order chi connectivity index (χ1) is 10.5. The first-order valence-corrected chi connectivity index (χ1v) is 7.58. The van der Waals surface area contributed by atoms with Gasteiger partial charge in [-0.25, -0.2) is 4.39 Å². The van der Waals surface area contributed by atoms with Crippen molar-refractivity contribution >= 4 is 17.5 Å². The molecule has 1 fully saturated rings. The Balaban J connectivity index is 1.62. The molecule has 0 aliphatic heterocycles. The van der Waals surface area contributed by atoms with Crippen molar-refractivity contribution in [2.75, 3.05) is 0 Å². The summed E-state index contributed by atoms with van der Waals surface area (Å²) in [6.45, 7) is 1.85. The quantitative estimate of drug-likeness (QED) is 0.941. The maximum Gasteiger partial charge on any atom is 0.229 e. The fourth-order valence-electron chi connectivity index (χ4n) is 2.72. The Bertz CT molecular complexity index is 715. The van der Waals surface area contributed by atoms with E-state index in [1.807, 2.05) is 26.1 Å². The molecule has 0 radical (unpaired) electrons. The molecule has 0 saturated heterocycles. The van der Waals surface area contributed by atoms with E-state index in [2.05, 4.69) is 10.4 Å². The molecule has 2 aromatic rings. The van der Waals surface area contributed by atoms with Gasteiger partial charge in [-0.2, -0.15) is 5.10 Å². The van der Waals surface area contributed by atoms with Crippen LogP contribution in [0.25, 0.3) is 0 Å². The van der Waals surface area contributed by atoms with E-state index in [1.165, 1.54) is 6.07 Å². The molecule has 1 aromatic heterocycles. The van der Waals surface area contributed by atoms with Crippen molar-refractivity contribution < 1.29 is 9.18 Å². The maximum atomic E-state index is 13.5. The fourth-order valence-corrected chi connectivity index (χ4v) is 2.83. The van der Waals surface area contributed by atoms with E-state index in [4.69, 9.17) is 11.6 Å². The highest BCUT2D eigenvalue weighted by molar-refractivity contribution is 6.30. The van der Waals surface area contributed by atoms with Gasteiger partial charge in [0.25, 0.3) is 0 Å². The zero-order chi connectivity index (χ0) is 15.9. The highest BCUT2D eigenvalue weighted by Crippen LogP contribution is 2.41. The van der Waals surface area contributed by atoms with E-state index in [0.717, 1.165) is 17.7 Å². The van der Waals surface area contributed by atoms with Gasteiger partial charge >= 0.3 is 0 Å². The average Bonchev–Trinajstić information content (AvgIpc) is 3.11. The Kier molecular flexibility index (Phi) is 3.91. The van der Waals surface area contributed by atoms with Crippen molar-refractivity contribution in [3.8, 4) is 0 Å². The van der Waals surface area contributed by atoms with Gasteiger partial charge in [-0.1, -0.05) is 17.7 Å². The molecule has 1 aliphatic rings. The van der Waals surface area contributed by atoms with Gasteiger partial charge in [-0.05, 0) is 37.1 Å². The molecule has 1 aromatic carbocycles. The normalized spacial score (nSPS) is 21.5. The first kappa shape index (κ1) is 15.0. The van der Waals surface area contributed by atoms with E-state index >= 15 is 0 Å². The van der Waals surface area contributed by atoms with Crippen LogP contribution in [-0.2, 0) is 11.8 Å². The SMILES string of the molecule is C[C@@H](C(=O)N[C@@H]1C[C@H]1c1ccc(Cl)c(F)c1)c1ccnn1C. The number of aromatic nitrogens is 2. The number of nitrogens with one attached hydrogen (secondary N) is 1. The molecule has 0 bridgehead atoms.